The third-order valence-corrected chi connectivity index (χ3v) is 7.25. The normalized spacial score (nSPS) is 28.3. The molecule has 0 unspecified atom stereocenters. The topological polar surface area (TPSA) is 113 Å². The van der Waals surface area contributed by atoms with E-state index in [9.17, 15) is 9.00 Å². The lowest BCUT2D eigenvalue weighted by Gasteiger charge is -2.45. The zero-order chi connectivity index (χ0) is 18.9. The van der Waals surface area contributed by atoms with E-state index in [-0.39, 0.29) is 11.4 Å². The maximum Gasteiger partial charge on any atom is 0.320 e. The molecule has 1 N–H and O–H groups in total. The predicted molar refractivity (Wildman–Crippen MR) is 100 cm³/mol. The van der Waals surface area contributed by atoms with Crippen molar-refractivity contribution < 1.29 is 13.7 Å². The van der Waals surface area contributed by atoms with Crippen molar-refractivity contribution in [3.8, 4) is 0 Å². The number of anilines is 1. The SMILES string of the molecule is Cc1cc(N2CCOC3(CCS(=O)(=NC(=O)c4ncc[nH]4)CC3)C2)ncn1. The minimum absolute atomic E-state index is 0.122. The van der Waals surface area contributed by atoms with Crippen molar-refractivity contribution in [1.82, 2.24) is 19.9 Å². The number of hydrogen-bond donors (Lipinski definition) is 1. The van der Waals surface area contributed by atoms with E-state index < -0.39 is 15.6 Å². The minimum atomic E-state index is -2.59. The van der Waals surface area contributed by atoms with Crippen molar-refractivity contribution in [2.75, 3.05) is 36.1 Å². The first-order chi connectivity index (χ1) is 13.0. The zero-order valence-corrected chi connectivity index (χ0v) is 15.9. The van der Waals surface area contributed by atoms with Crippen LogP contribution >= 0.6 is 0 Å². The van der Waals surface area contributed by atoms with E-state index in [2.05, 4.69) is 29.2 Å². The molecule has 2 aliphatic rings. The van der Waals surface area contributed by atoms with E-state index in [0.29, 0.717) is 37.5 Å². The third-order valence-electron chi connectivity index (χ3n) is 5.07. The molecule has 0 saturated carbocycles. The number of hydrogen-bond acceptors (Lipinski definition) is 7. The summed E-state index contributed by atoms with van der Waals surface area (Å²) < 4.78 is 23.1. The number of amides is 1. The van der Waals surface area contributed by atoms with Crippen LogP contribution in [0.4, 0.5) is 5.82 Å². The van der Waals surface area contributed by atoms with E-state index in [1.54, 1.807) is 12.5 Å². The van der Waals surface area contributed by atoms with Crippen LogP contribution < -0.4 is 4.90 Å². The van der Waals surface area contributed by atoms with Crippen molar-refractivity contribution in [3.05, 3.63) is 36.3 Å². The summed E-state index contributed by atoms with van der Waals surface area (Å²) in [4.78, 5) is 29.4. The average Bonchev–Trinajstić information content (AvgIpc) is 3.20. The minimum Gasteiger partial charge on any atom is -0.371 e. The Hall–Kier alpha value is -2.33. The highest BCUT2D eigenvalue weighted by molar-refractivity contribution is 7.93. The van der Waals surface area contributed by atoms with Gasteiger partial charge in [0.1, 0.15) is 12.1 Å². The number of nitrogens with one attached hydrogen (secondary N) is 1. The van der Waals surface area contributed by atoms with E-state index >= 15 is 0 Å². The van der Waals surface area contributed by atoms with Crippen molar-refractivity contribution in [2.24, 2.45) is 4.36 Å². The van der Waals surface area contributed by atoms with Crippen LogP contribution in [-0.2, 0) is 14.5 Å². The maximum absolute atomic E-state index is 13.0. The molecule has 2 fully saturated rings. The summed E-state index contributed by atoms with van der Waals surface area (Å²) in [5.74, 6) is 1.14. The van der Waals surface area contributed by atoms with Gasteiger partial charge in [-0.15, -0.1) is 0 Å². The molecule has 2 aromatic rings. The Morgan fingerprint density at radius 2 is 2.15 bits per heavy atom. The predicted octanol–water partition coefficient (Wildman–Crippen LogP) is 1.19. The van der Waals surface area contributed by atoms with Gasteiger partial charge in [-0.3, -0.25) is 4.79 Å². The molecule has 2 aromatic heterocycles. The molecule has 10 heteroatoms. The number of rotatable bonds is 2. The molecule has 0 aromatic carbocycles. The van der Waals surface area contributed by atoms with Gasteiger partial charge in [0.15, 0.2) is 5.82 Å². The fraction of sp³-hybridized carbons (Fsp3) is 0.529. The van der Waals surface area contributed by atoms with Crippen molar-refractivity contribution in [3.63, 3.8) is 0 Å². The number of aryl methyl sites for hydroxylation is 1. The summed E-state index contributed by atoms with van der Waals surface area (Å²) >= 11 is 0. The zero-order valence-electron chi connectivity index (χ0n) is 15.1. The lowest BCUT2D eigenvalue weighted by molar-refractivity contribution is -0.0615. The lowest BCUT2D eigenvalue weighted by Crippen LogP contribution is -2.55. The van der Waals surface area contributed by atoms with Crippen molar-refractivity contribution in [2.45, 2.75) is 25.4 Å². The van der Waals surface area contributed by atoms with Gasteiger partial charge in [-0.2, -0.15) is 4.36 Å². The van der Waals surface area contributed by atoms with E-state index in [4.69, 9.17) is 4.74 Å². The first kappa shape index (κ1) is 18.1. The second-order valence-corrected chi connectivity index (χ2v) is 9.53. The highest BCUT2D eigenvalue weighted by atomic mass is 32.2. The maximum atomic E-state index is 13.0. The molecule has 4 heterocycles. The van der Waals surface area contributed by atoms with Gasteiger partial charge in [0.25, 0.3) is 0 Å². The first-order valence-corrected chi connectivity index (χ1v) is 10.8. The Kier molecular flexibility index (Phi) is 4.68. The smallest absolute Gasteiger partial charge is 0.320 e. The number of nitrogens with zero attached hydrogens (tertiary/aromatic N) is 5. The number of aromatic nitrogens is 4. The molecule has 1 amide bonds. The summed E-state index contributed by atoms with van der Waals surface area (Å²) in [5.41, 5.74) is 0.545. The quantitative estimate of drug-likeness (QED) is 0.819. The molecule has 4 rings (SSSR count). The Morgan fingerprint density at radius 3 is 2.85 bits per heavy atom. The Morgan fingerprint density at radius 1 is 1.33 bits per heavy atom. The van der Waals surface area contributed by atoms with Crippen LogP contribution in [0.3, 0.4) is 0 Å². The molecule has 27 heavy (non-hydrogen) atoms. The van der Waals surface area contributed by atoms with Gasteiger partial charge in [0.2, 0.25) is 0 Å². The average molecular weight is 390 g/mol. The number of carbonyl (C=O) groups excluding carboxylic acids is 1. The highest BCUT2D eigenvalue weighted by Gasteiger charge is 2.41. The molecule has 144 valence electrons. The Bertz CT molecular complexity index is 937. The molecule has 0 atom stereocenters. The summed E-state index contributed by atoms with van der Waals surface area (Å²) in [6, 6.07) is 1.96. The number of ether oxygens (including phenoxy) is 1. The van der Waals surface area contributed by atoms with Crippen LogP contribution in [0.25, 0.3) is 0 Å². The van der Waals surface area contributed by atoms with Gasteiger partial charge in [-0.05, 0) is 19.8 Å². The molecule has 1 spiro atoms. The molecular formula is C17H22N6O3S. The Labute approximate surface area is 157 Å². The monoisotopic (exact) mass is 390 g/mol. The molecule has 0 aliphatic carbocycles. The van der Waals surface area contributed by atoms with Gasteiger partial charge in [0.05, 0.1) is 21.9 Å². The highest BCUT2D eigenvalue weighted by Crippen LogP contribution is 2.33. The van der Waals surface area contributed by atoms with Crippen LogP contribution in [0.1, 0.15) is 29.2 Å². The van der Waals surface area contributed by atoms with Crippen LogP contribution in [0.15, 0.2) is 29.2 Å². The van der Waals surface area contributed by atoms with Crippen LogP contribution in [0.2, 0.25) is 0 Å². The summed E-state index contributed by atoms with van der Waals surface area (Å²) in [7, 11) is -2.59. The van der Waals surface area contributed by atoms with Gasteiger partial charge >= 0.3 is 5.91 Å². The number of aromatic amines is 1. The molecule has 0 bridgehead atoms. The second-order valence-electron chi connectivity index (χ2n) is 6.99. The van der Waals surface area contributed by atoms with Crippen LogP contribution in [0, 0.1) is 6.92 Å². The van der Waals surface area contributed by atoms with E-state index in [1.165, 1.54) is 6.20 Å². The number of imidazole rings is 1. The van der Waals surface area contributed by atoms with E-state index in [1.807, 2.05) is 13.0 Å². The Balaban J connectivity index is 1.47. The van der Waals surface area contributed by atoms with Gasteiger partial charge in [0, 0.05) is 48.7 Å². The fourth-order valence-corrected chi connectivity index (χ4v) is 5.70. The standard InChI is InChI=1S/C17H22N6O3S/c1-13-10-14(21-12-20-13)23-6-7-26-17(11-23)2-8-27(25,9-3-17)22-16(24)15-18-4-5-19-15/h4-5,10,12H,2-3,6-9,11H2,1H3,(H,18,19). The van der Waals surface area contributed by atoms with Gasteiger partial charge in [-0.1, -0.05) is 0 Å². The summed E-state index contributed by atoms with van der Waals surface area (Å²) in [5, 5.41) is 0. The molecule has 0 radical (unpaired) electrons. The third kappa shape index (κ3) is 3.86. The summed E-state index contributed by atoms with van der Waals surface area (Å²) in [6.45, 7) is 3.97. The number of carbonyl (C=O) groups is 1. The molecular weight excluding hydrogens is 368 g/mol. The van der Waals surface area contributed by atoms with Crippen LogP contribution in [0.5, 0.6) is 0 Å². The van der Waals surface area contributed by atoms with Gasteiger partial charge in [-0.25, -0.2) is 19.2 Å². The van der Waals surface area contributed by atoms with E-state index in [0.717, 1.165) is 18.1 Å². The molecule has 2 aliphatic heterocycles. The fourth-order valence-electron chi connectivity index (χ4n) is 3.54. The molecule has 2 saturated heterocycles. The largest absolute Gasteiger partial charge is 0.371 e. The summed E-state index contributed by atoms with van der Waals surface area (Å²) in [6.07, 6.45) is 5.79. The second kappa shape index (κ2) is 7.01. The number of H-pyrrole nitrogens is 1. The first-order valence-electron chi connectivity index (χ1n) is 8.91. The van der Waals surface area contributed by atoms with Crippen molar-refractivity contribution >= 4 is 21.5 Å². The van der Waals surface area contributed by atoms with Crippen molar-refractivity contribution in [1.29, 1.82) is 0 Å². The number of morpholine rings is 1. The lowest BCUT2D eigenvalue weighted by atomic mass is 9.94. The van der Waals surface area contributed by atoms with Gasteiger partial charge < -0.3 is 14.6 Å². The van der Waals surface area contributed by atoms with Crippen LogP contribution in [-0.4, -0.2) is 66.9 Å². The molecule has 9 nitrogen and oxygen atoms in total.